The third-order valence-corrected chi connectivity index (χ3v) is 9.55. The van der Waals surface area contributed by atoms with Crippen LogP contribution in [0, 0.1) is 18.8 Å². The van der Waals surface area contributed by atoms with E-state index in [0.29, 0.717) is 11.8 Å². The summed E-state index contributed by atoms with van der Waals surface area (Å²) in [4.78, 5) is 30.3. The van der Waals surface area contributed by atoms with E-state index in [4.69, 9.17) is 14.5 Å². The molecule has 0 bridgehead atoms. The Morgan fingerprint density at radius 3 is 2.34 bits per heavy atom. The first-order valence-corrected chi connectivity index (χ1v) is 16.1. The molecule has 1 atom stereocenters. The van der Waals surface area contributed by atoms with Crippen LogP contribution < -0.4 is 15.4 Å². The number of amides is 2. The Labute approximate surface area is 261 Å². The quantitative estimate of drug-likeness (QED) is 0.277. The minimum Gasteiger partial charge on any atom is -0.495 e. The predicted molar refractivity (Wildman–Crippen MR) is 170 cm³/mol. The molecule has 0 radical (unpaired) electrons. The number of methoxy groups -OCH3 is 2. The van der Waals surface area contributed by atoms with Gasteiger partial charge in [0.15, 0.2) is 0 Å². The number of alkyl carbamates (subject to hydrolysis) is 1. The molecule has 0 spiro atoms. The smallest absolute Gasteiger partial charge is 0.407 e. The van der Waals surface area contributed by atoms with Gasteiger partial charge in [-0.2, -0.15) is 5.10 Å². The van der Waals surface area contributed by atoms with Crippen molar-refractivity contribution in [2.45, 2.75) is 96.2 Å². The highest BCUT2D eigenvalue weighted by Gasteiger charge is 2.34. The van der Waals surface area contributed by atoms with Crippen LogP contribution in [0.5, 0.6) is 5.75 Å². The Morgan fingerprint density at radius 2 is 1.70 bits per heavy atom. The normalized spacial score (nSPS) is 22.7. The van der Waals surface area contributed by atoms with Gasteiger partial charge < -0.3 is 20.1 Å². The molecule has 1 unspecified atom stereocenters. The first-order chi connectivity index (χ1) is 21.2. The number of carbonyl (C=O) groups is 2. The fraction of sp³-hybridized carbons (Fsp3) is 0.543. The summed E-state index contributed by atoms with van der Waals surface area (Å²) in [6, 6.07) is 13.0. The maximum Gasteiger partial charge on any atom is 0.407 e. The Morgan fingerprint density at radius 1 is 0.955 bits per heavy atom. The Hall–Kier alpha value is -3.88. The summed E-state index contributed by atoms with van der Waals surface area (Å²) < 4.78 is 12.2. The summed E-state index contributed by atoms with van der Waals surface area (Å²) in [5.41, 5.74) is 5.37. The minimum absolute atomic E-state index is 0.0520. The summed E-state index contributed by atoms with van der Waals surface area (Å²) >= 11 is 0. The molecule has 2 heterocycles. The van der Waals surface area contributed by atoms with E-state index in [1.165, 1.54) is 7.11 Å². The lowest BCUT2D eigenvalue weighted by molar-refractivity contribution is -0.127. The summed E-state index contributed by atoms with van der Waals surface area (Å²) in [5.74, 6) is 1.58. The van der Waals surface area contributed by atoms with E-state index < -0.39 is 6.09 Å². The minimum atomic E-state index is -0.410. The molecule has 9 nitrogen and oxygen atoms in total. The lowest BCUT2D eigenvalue weighted by atomic mass is 9.75. The topological polar surface area (TPSA) is 107 Å². The Kier molecular flexibility index (Phi) is 10.2. The van der Waals surface area contributed by atoms with Crippen molar-refractivity contribution in [1.29, 1.82) is 0 Å². The van der Waals surface area contributed by atoms with Gasteiger partial charge in [-0.05, 0) is 107 Å². The molecule has 3 aromatic rings. The third-order valence-electron chi connectivity index (χ3n) is 9.55. The molecule has 0 aliphatic heterocycles. The van der Waals surface area contributed by atoms with Crippen molar-refractivity contribution < 1.29 is 19.1 Å². The highest BCUT2D eigenvalue weighted by Crippen LogP contribution is 2.42. The molecule has 236 valence electrons. The van der Waals surface area contributed by atoms with Gasteiger partial charge in [0.2, 0.25) is 5.91 Å². The maximum absolute atomic E-state index is 13.8. The number of pyridine rings is 1. The van der Waals surface area contributed by atoms with Crippen molar-refractivity contribution in [3.05, 3.63) is 65.7 Å². The van der Waals surface area contributed by atoms with Crippen LogP contribution in [0.4, 0.5) is 4.79 Å². The molecule has 2 fully saturated rings. The van der Waals surface area contributed by atoms with Gasteiger partial charge in [-0.15, -0.1) is 0 Å². The lowest BCUT2D eigenvalue weighted by Gasteiger charge is -2.36. The number of rotatable bonds is 9. The number of aromatic nitrogens is 3. The first kappa shape index (κ1) is 31.5. The molecule has 5 rings (SSSR count). The van der Waals surface area contributed by atoms with Gasteiger partial charge in [-0.25, -0.2) is 4.79 Å². The number of ether oxygens (including phenoxy) is 2. The van der Waals surface area contributed by atoms with Gasteiger partial charge in [-0.1, -0.05) is 18.2 Å². The summed E-state index contributed by atoms with van der Waals surface area (Å²) in [5, 5.41) is 11.0. The maximum atomic E-state index is 13.8. The molecule has 44 heavy (non-hydrogen) atoms. The molecule has 2 amide bonds. The SMILES string of the molecule is COC(=O)NC1CCC(C(=O)NC(c2cccc(-c3cnn(C(C)C)c3)c2)C2CCC(c3ccc(OC)c(C)n3)CC2)CC1. The summed E-state index contributed by atoms with van der Waals surface area (Å²) in [6.45, 7) is 6.24. The van der Waals surface area contributed by atoms with E-state index in [2.05, 4.69) is 66.1 Å². The zero-order chi connectivity index (χ0) is 31.2. The van der Waals surface area contributed by atoms with Gasteiger partial charge in [0.1, 0.15) is 5.75 Å². The van der Waals surface area contributed by atoms with Crippen LogP contribution in [0.25, 0.3) is 11.1 Å². The summed E-state index contributed by atoms with van der Waals surface area (Å²) in [7, 11) is 3.06. The molecule has 2 aliphatic rings. The molecular formula is C35H47N5O4. The van der Waals surface area contributed by atoms with Crippen LogP contribution in [-0.2, 0) is 9.53 Å². The number of hydrogen-bond donors (Lipinski definition) is 2. The van der Waals surface area contributed by atoms with E-state index >= 15 is 0 Å². The zero-order valence-corrected chi connectivity index (χ0v) is 26.7. The zero-order valence-electron chi connectivity index (χ0n) is 26.7. The van der Waals surface area contributed by atoms with E-state index in [9.17, 15) is 9.59 Å². The largest absolute Gasteiger partial charge is 0.495 e. The van der Waals surface area contributed by atoms with Crippen LogP contribution in [0.3, 0.4) is 0 Å². The van der Waals surface area contributed by atoms with Crippen LogP contribution in [0.2, 0.25) is 0 Å². The van der Waals surface area contributed by atoms with E-state index in [0.717, 1.165) is 85.2 Å². The first-order valence-electron chi connectivity index (χ1n) is 16.1. The number of benzene rings is 1. The molecular weight excluding hydrogens is 554 g/mol. The molecule has 9 heteroatoms. The van der Waals surface area contributed by atoms with Gasteiger partial charge in [0.05, 0.1) is 32.2 Å². The second-order valence-electron chi connectivity index (χ2n) is 12.7. The lowest BCUT2D eigenvalue weighted by Crippen LogP contribution is -2.43. The average Bonchev–Trinajstić information content (AvgIpc) is 3.55. The van der Waals surface area contributed by atoms with E-state index in [1.54, 1.807) is 7.11 Å². The average molecular weight is 602 g/mol. The molecule has 2 aliphatic carbocycles. The Bertz CT molecular complexity index is 1420. The van der Waals surface area contributed by atoms with Crippen molar-refractivity contribution in [2.75, 3.05) is 14.2 Å². The molecule has 1 aromatic carbocycles. The third kappa shape index (κ3) is 7.42. The number of carbonyl (C=O) groups excluding carboxylic acids is 2. The number of hydrogen-bond acceptors (Lipinski definition) is 6. The standard InChI is InChI=1S/C35H47N5O4/c1-22(2)40-21-29(20-36-40)27-7-6-8-28(19-27)33(39-34(41)26-13-15-30(16-14-26)38-35(42)44-5)25-11-9-24(10-12-25)31-17-18-32(43-4)23(3)37-31/h6-8,17-22,24-26,30,33H,9-16H2,1-5H3,(H,38,42)(H,39,41). The number of nitrogens with zero attached hydrogens (tertiary/aromatic N) is 3. The van der Waals surface area contributed by atoms with Gasteiger partial charge in [-0.3, -0.25) is 14.5 Å². The fourth-order valence-electron chi connectivity index (χ4n) is 6.91. The molecule has 2 aromatic heterocycles. The Balaban J connectivity index is 1.33. The van der Waals surface area contributed by atoms with Crippen molar-refractivity contribution in [2.24, 2.45) is 11.8 Å². The van der Waals surface area contributed by atoms with Gasteiger partial charge in [0.25, 0.3) is 0 Å². The number of aryl methyl sites for hydroxylation is 1. The van der Waals surface area contributed by atoms with Crippen LogP contribution in [-0.4, -0.2) is 47.0 Å². The molecule has 2 N–H and O–H groups in total. The second-order valence-corrected chi connectivity index (χ2v) is 12.7. The van der Waals surface area contributed by atoms with Crippen LogP contribution >= 0.6 is 0 Å². The molecule has 2 saturated carbocycles. The van der Waals surface area contributed by atoms with Crippen LogP contribution in [0.15, 0.2) is 48.8 Å². The van der Waals surface area contributed by atoms with E-state index in [-0.39, 0.29) is 30.0 Å². The van der Waals surface area contributed by atoms with Crippen molar-refractivity contribution in [3.63, 3.8) is 0 Å². The van der Waals surface area contributed by atoms with Gasteiger partial charge >= 0.3 is 6.09 Å². The predicted octanol–water partition coefficient (Wildman–Crippen LogP) is 6.89. The summed E-state index contributed by atoms with van der Waals surface area (Å²) in [6.07, 6.45) is 10.7. The van der Waals surface area contributed by atoms with Crippen molar-refractivity contribution >= 4 is 12.0 Å². The van der Waals surface area contributed by atoms with E-state index in [1.807, 2.05) is 23.9 Å². The highest BCUT2D eigenvalue weighted by atomic mass is 16.5. The monoisotopic (exact) mass is 601 g/mol. The molecule has 0 saturated heterocycles. The highest BCUT2D eigenvalue weighted by molar-refractivity contribution is 5.79. The van der Waals surface area contributed by atoms with Crippen LogP contribution in [0.1, 0.15) is 100 Å². The van der Waals surface area contributed by atoms with Gasteiger partial charge in [0, 0.05) is 41.4 Å². The second kappa shape index (κ2) is 14.3. The fourth-order valence-corrected chi connectivity index (χ4v) is 6.91. The number of nitrogens with one attached hydrogen (secondary N) is 2. The van der Waals surface area contributed by atoms with Crippen molar-refractivity contribution in [3.8, 4) is 16.9 Å². The van der Waals surface area contributed by atoms with Crippen molar-refractivity contribution in [1.82, 2.24) is 25.4 Å².